The van der Waals surface area contributed by atoms with E-state index in [4.69, 9.17) is 4.42 Å². The van der Waals surface area contributed by atoms with Crippen LogP contribution >= 0.6 is 0 Å². The molecule has 112 valence electrons. The molecule has 1 aliphatic carbocycles. The molecule has 0 amide bonds. The lowest BCUT2D eigenvalue weighted by Crippen LogP contribution is -2.17. The van der Waals surface area contributed by atoms with E-state index in [0.29, 0.717) is 24.7 Å². The van der Waals surface area contributed by atoms with Gasteiger partial charge in [-0.05, 0) is 38.1 Å². The van der Waals surface area contributed by atoms with Crippen LogP contribution in [0.5, 0.6) is 0 Å². The summed E-state index contributed by atoms with van der Waals surface area (Å²) < 4.78 is 19.4. The molecule has 0 aliphatic heterocycles. The van der Waals surface area contributed by atoms with Gasteiger partial charge in [0.2, 0.25) is 0 Å². The first-order valence-electron chi connectivity index (χ1n) is 7.43. The molecule has 0 saturated heterocycles. The van der Waals surface area contributed by atoms with Gasteiger partial charge in [-0.1, -0.05) is 18.2 Å². The minimum Gasteiger partial charge on any atom is -0.463 e. The molecule has 0 atom stereocenters. The van der Waals surface area contributed by atoms with Gasteiger partial charge in [0.05, 0.1) is 13.1 Å². The van der Waals surface area contributed by atoms with Gasteiger partial charge in [0.1, 0.15) is 17.3 Å². The first kappa shape index (κ1) is 14.3. The maximum Gasteiger partial charge on any atom is 0.127 e. The molecule has 1 aromatic carbocycles. The summed E-state index contributed by atoms with van der Waals surface area (Å²) in [6, 6.07) is 11.6. The average molecular weight is 288 g/mol. The normalized spacial score (nSPS) is 14.8. The second-order valence-electron chi connectivity index (χ2n) is 5.79. The molecule has 3 nitrogen and oxygen atoms in total. The van der Waals surface area contributed by atoms with Crippen molar-refractivity contribution in [3.8, 4) is 0 Å². The second kappa shape index (κ2) is 6.41. The molecule has 1 fully saturated rings. The van der Waals surface area contributed by atoms with Crippen LogP contribution in [0.1, 0.15) is 29.9 Å². The number of halogens is 1. The maximum atomic E-state index is 13.6. The maximum absolute atomic E-state index is 13.6. The number of hydrogen-bond donors (Lipinski definition) is 1. The number of furan rings is 1. The van der Waals surface area contributed by atoms with E-state index in [1.807, 2.05) is 31.3 Å². The highest BCUT2D eigenvalue weighted by atomic mass is 19.1. The zero-order chi connectivity index (χ0) is 14.7. The number of rotatable bonds is 7. The fourth-order valence-corrected chi connectivity index (χ4v) is 2.37. The van der Waals surface area contributed by atoms with E-state index in [0.717, 1.165) is 18.1 Å². The molecule has 0 bridgehead atoms. The summed E-state index contributed by atoms with van der Waals surface area (Å²) in [5.41, 5.74) is 0.710. The molecule has 1 heterocycles. The average Bonchev–Trinajstić information content (AvgIpc) is 3.19. The highest BCUT2D eigenvalue weighted by Crippen LogP contribution is 2.20. The Kier molecular flexibility index (Phi) is 4.36. The first-order valence-corrected chi connectivity index (χ1v) is 7.43. The van der Waals surface area contributed by atoms with Crippen molar-refractivity contribution >= 4 is 0 Å². The predicted octanol–water partition coefficient (Wildman–Crippen LogP) is 3.30. The smallest absolute Gasteiger partial charge is 0.127 e. The van der Waals surface area contributed by atoms with Crippen molar-refractivity contribution in [2.45, 2.75) is 38.5 Å². The van der Waals surface area contributed by atoms with Crippen LogP contribution in [0.3, 0.4) is 0 Å². The first-order chi connectivity index (χ1) is 10.2. The van der Waals surface area contributed by atoms with Gasteiger partial charge in [0, 0.05) is 18.2 Å². The Labute approximate surface area is 124 Å². The van der Waals surface area contributed by atoms with E-state index in [1.165, 1.54) is 18.9 Å². The third-order valence-electron chi connectivity index (χ3n) is 3.68. The summed E-state index contributed by atoms with van der Waals surface area (Å²) in [4.78, 5) is 2.05. The molecular formula is C17H21FN2O. The van der Waals surface area contributed by atoms with E-state index in [1.54, 1.807) is 6.07 Å². The van der Waals surface area contributed by atoms with Crippen LogP contribution in [0.4, 0.5) is 4.39 Å². The number of nitrogens with zero attached hydrogens (tertiary/aromatic N) is 1. The van der Waals surface area contributed by atoms with E-state index >= 15 is 0 Å². The van der Waals surface area contributed by atoms with Gasteiger partial charge in [-0.25, -0.2) is 4.39 Å². The van der Waals surface area contributed by atoms with Crippen LogP contribution in [0, 0.1) is 5.82 Å². The van der Waals surface area contributed by atoms with Gasteiger partial charge >= 0.3 is 0 Å². The molecule has 0 radical (unpaired) electrons. The Bertz CT molecular complexity index is 592. The summed E-state index contributed by atoms with van der Waals surface area (Å²) >= 11 is 0. The van der Waals surface area contributed by atoms with Gasteiger partial charge in [-0.15, -0.1) is 0 Å². The Morgan fingerprint density at radius 2 is 1.90 bits per heavy atom. The third-order valence-corrected chi connectivity index (χ3v) is 3.68. The van der Waals surface area contributed by atoms with Crippen molar-refractivity contribution in [1.82, 2.24) is 10.2 Å². The Balaban J connectivity index is 1.52. The van der Waals surface area contributed by atoms with Crippen molar-refractivity contribution in [3.05, 3.63) is 59.3 Å². The van der Waals surface area contributed by atoms with Gasteiger partial charge in [-0.2, -0.15) is 0 Å². The molecule has 21 heavy (non-hydrogen) atoms. The number of nitrogens with one attached hydrogen (secondary N) is 1. The zero-order valence-electron chi connectivity index (χ0n) is 12.3. The van der Waals surface area contributed by atoms with Crippen LogP contribution in [0.2, 0.25) is 0 Å². The molecule has 1 N–H and O–H groups in total. The van der Waals surface area contributed by atoms with Crippen molar-refractivity contribution in [1.29, 1.82) is 0 Å². The SMILES string of the molecule is CN(Cc1ccc(CNC2CC2)o1)Cc1ccccc1F. The standard InChI is InChI=1S/C17H21FN2O/c1-20(11-13-4-2-3-5-17(13)18)12-16-9-8-15(21-16)10-19-14-6-7-14/h2-5,8-9,14,19H,6-7,10-12H2,1H3. The molecule has 1 aromatic heterocycles. The molecular weight excluding hydrogens is 267 g/mol. The monoisotopic (exact) mass is 288 g/mol. The van der Waals surface area contributed by atoms with Crippen LogP contribution in [-0.2, 0) is 19.6 Å². The van der Waals surface area contributed by atoms with E-state index in [-0.39, 0.29) is 5.82 Å². The summed E-state index contributed by atoms with van der Waals surface area (Å²) in [7, 11) is 1.97. The second-order valence-corrected chi connectivity index (χ2v) is 5.79. The van der Waals surface area contributed by atoms with Crippen molar-refractivity contribution in [3.63, 3.8) is 0 Å². The Hall–Kier alpha value is -1.65. The minimum atomic E-state index is -0.155. The Morgan fingerprint density at radius 3 is 2.67 bits per heavy atom. The molecule has 3 rings (SSSR count). The topological polar surface area (TPSA) is 28.4 Å². The lowest BCUT2D eigenvalue weighted by Gasteiger charge is -2.15. The molecule has 2 aromatic rings. The highest BCUT2D eigenvalue weighted by molar-refractivity contribution is 5.17. The van der Waals surface area contributed by atoms with Gasteiger partial charge in [-0.3, -0.25) is 4.90 Å². The summed E-state index contributed by atoms with van der Waals surface area (Å²) in [5, 5.41) is 3.43. The van der Waals surface area contributed by atoms with Crippen molar-refractivity contribution in [2.75, 3.05) is 7.05 Å². The van der Waals surface area contributed by atoms with Crippen molar-refractivity contribution < 1.29 is 8.81 Å². The lowest BCUT2D eigenvalue weighted by atomic mass is 10.2. The van der Waals surface area contributed by atoms with Gasteiger partial charge in [0.15, 0.2) is 0 Å². The fourth-order valence-electron chi connectivity index (χ4n) is 2.37. The molecule has 0 unspecified atom stereocenters. The number of hydrogen-bond acceptors (Lipinski definition) is 3. The summed E-state index contributed by atoms with van der Waals surface area (Å²) in [6.07, 6.45) is 2.55. The lowest BCUT2D eigenvalue weighted by molar-refractivity contribution is 0.279. The summed E-state index contributed by atoms with van der Waals surface area (Å²) in [6.45, 7) is 2.04. The van der Waals surface area contributed by atoms with Gasteiger partial charge < -0.3 is 9.73 Å². The molecule has 1 saturated carbocycles. The fraction of sp³-hybridized carbons (Fsp3) is 0.412. The van der Waals surface area contributed by atoms with Gasteiger partial charge in [0.25, 0.3) is 0 Å². The minimum absolute atomic E-state index is 0.155. The van der Waals surface area contributed by atoms with Crippen LogP contribution in [0.25, 0.3) is 0 Å². The van der Waals surface area contributed by atoms with E-state index in [9.17, 15) is 4.39 Å². The molecule has 4 heteroatoms. The largest absolute Gasteiger partial charge is 0.463 e. The number of benzene rings is 1. The van der Waals surface area contributed by atoms with Crippen LogP contribution < -0.4 is 5.32 Å². The van der Waals surface area contributed by atoms with Crippen LogP contribution in [-0.4, -0.2) is 18.0 Å². The molecule has 0 spiro atoms. The third kappa shape index (κ3) is 4.16. The van der Waals surface area contributed by atoms with Crippen molar-refractivity contribution in [2.24, 2.45) is 0 Å². The quantitative estimate of drug-likeness (QED) is 0.847. The van der Waals surface area contributed by atoms with Crippen LogP contribution in [0.15, 0.2) is 40.8 Å². The summed E-state index contributed by atoms with van der Waals surface area (Å²) in [5.74, 6) is 1.73. The highest BCUT2D eigenvalue weighted by Gasteiger charge is 2.20. The predicted molar refractivity (Wildman–Crippen MR) is 80.1 cm³/mol. The van der Waals surface area contributed by atoms with E-state index < -0.39 is 0 Å². The molecule has 1 aliphatic rings. The van der Waals surface area contributed by atoms with E-state index in [2.05, 4.69) is 10.2 Å². The Morgan fingerprint density at radius 1 is 1.14 bits per heavy atom. The zero-order valence-corrected chi connectivity index (χ0v) is 12.3.